The molecule has 3 unspecified atom stereocenters. The predicted molar refractivity (Wildman–Crippen MR) is 73.6 cm³/mol. The third kappa shape index (κ3) is 2.29. The summed E-state index contributed by atoms with van der Waals surface area (Å²) in [4.78, 5) is 14.9. The van der Waals surface area contributed by atoms with Gasteiger partial charge in [-0.2, -0.15) is 0 Å². The summed E-state index contributed by atoms with van der Waals surface area (Å²) in [7, 11) is 1.78. The average molecular weight is 266 g/mol. The first-order chi connectivity index (χ1) is 9.05. The highest BCUT2D eigenvalue weighted by molar-refractivity contribution is 5.92. The molecule has 4 nitrogen and oxygen atoms in total. The van der Waals surface area contributed by atoms with Crippen molar-refractivity contribution in [3.63, 3.8) is 0 Å². The second-order valence-electron chi connectivity index (χ2n) is 6.91. The molecule has 3 atom stereocenters. The SMILES string of the molecule is COC1CCC(N2C(=O)C3(CC3)NC2CC(C)C)C1. The van der Waals surface area contributed by atoms with Gasteiger partial charge in [-0.3, -0.25) is 10.1 Å². The molecule has 1 aliphatic heterocycles. The zero-order chi connectivity index (χ0) is 13.6. The average Bonchev–Trinajstić information content (AvgIpc) is 2.89. The molecule has 2 aliphatic carbocycles. The molecule has 0 aromatic rings. The molecule has 1 heterocycles. The molecule has 19 heavy (non-hydrogen) atoms. The maximum Gasteiger partial charge on any atom is 0.244 e. The number of amides is 1. The van der Waals surface area contributed by atoms with Gasteiger partial charge in [0.1, 0.15) is 0 Å². The highest BCUT2D eigenvalue weighted by Crippen LogP contribution is 2.45. The molecule has 3 fully saturated rings. The van der Waals surface area contributed by atoms with Gasteiger partial charge in [0.15, 0.2) is 0 Å². The standard InChI is InChI=1S/C15H26N2O2/c1-10(2)8-13-16-15(6-7-15)14(18)17(13)11-4-5-12(9-11)19-3/h10-13,16H,4-9H2,1-3H3. The Balaban J connectivity index is 1.74. The van der Waals surface area contributed by atoms with E-state index in [0.717, 1.165) is 38.5 Å². The van der Waals surface area contributed by atoms with Gasteiger partial charge >= 0.3 is 0 Å². The summed E-state index contributed by atoms with van der Waals surface area (Å²) in [6, 6.07) is 0.383. The van der Waals surface area contributed by atoms with Crippen LogP contribution < -0.4 is 5.32 Å². The van der Waals surface area contributed by atoms with Crippen LogP contribution in [0.5, 0.6) is 0 Å². The Bertz CT molecular complexity index is 365. The van der Waals surface area contributed by atoms with E-state index in [4.69, 9.17) is 4.74 Å². The molecule has 1 spiro atoms. The molecule has 1 saturated heterocycles. The van der Waals surface area contributed by atoms with Gasteiger partial charge in [-0.15, -0.1) is 0 Å². The van der Waals surface area contributed by atoms with E-state index in [1.807, 2.05) is 0 Å². The van der Waals surface area contributed by atoms with E-state index in [-0.39, 0.29) is 11.7 Å². The van der Waals surface area contributed by atoms with Gasteiger partial charge in [0, 0.05) is 13.2 Å². The van der Waals surface area contributed by atoms with Crippen molar-refractivity contribution >= 4 is 5.91 Å². The number of carbonyl (C=O) groups excluding carboxylic acids is 1. The number of nitrogens with one attached hydrogen (secondary N) is 1. The van der Waals surface area contributed by atoms with E-state index < -0.39 is 0 Å². The first-order valence-corrected chi connectivity index (χ1v) is 7.69. The zero-order valence-corrected chi connectivity index (χ0v) is 12.3. The minimum absolute atomic E-state index is 0.176. The van der Waals surface area contributed by atoms with Gasteiger partial charge in [0.25, 0.3) is 0 Å². The first-order valence-electron chi connectivity index (χ1n) is 7.69. The van der Waals surface area contributed by atoms with E-state index in [1.165, 1.54) is 0 Å². The van der Waals surface area contributed by atoms with Gasteiger partial charge in [-0.25, -0.2) is 0 Å². The molecule has 0 aromatic carbocycles. The lowest BCUT2D eigenvalue weighted by Crippen LogP contribution is -2.44. The van der Waals surface area contributed by atoms with Crippen LogP contribution in [0.2, 0.25) is 0 Å². The zero-order valence-electron chi connectivity index (χ0n) is 12.3. The maximum absolute atomic E-state index is 12.7. The van der Waals surface area contributed by atoms with E-state index in [2.05, 4.69) is 24.1 Å². The fourth-order valence-electron chi connectivity index (χ4n) is 3.75. The fourth-order valence-corrected chi connectivity index (χ4v) is 3.75. The van der Waals surface area contributed by atoms with E-state index in [9.17, 15) is 4.79 Å². The van der Waals surface area contributed by atoms with Crippen molar-refractivity contribution in [2.75, 3.05) is 7.11 Å². The molecule has 108 valence electrons. The van der Waals surface area contributed by atoms with Gasteiger partial charge in [0.05, 0.1) is 17.8 Å². The Labute approximate surface area is 115 Å². The lowest BCUT2D eigenvalue weighted by atomic mass is 10.1. The highest BCUT2D eigenvalue weighted by Gasteiger charge is 2.60. The Morgan fingerprint density at radius 3 is 2.68 bits per heavy atom. The van der Waals surface area contributed by atoms with E-state index in [0.29, 0.717) is 24.0 Å². The summed E-state index contributed by atoms with van der Waals surface area (Å²) in [6.45, 7) is 4.46. The highest BCUT2D eigenvalue weighted by atomic mass is 16.5. The Hall–Kier alpha value is -0.610. The van der Waals surface area contributed by atoms with Crippen molar-refractivity contribution in [2.45, 2.75) is 76.2 Å². The van der Waals surface area contributed by atoms with Gasteiger partial charge in [-0.05, 0) is 44.4 Å². The summed E-state index contributed by atoms with van der Waals surface area (Å²) in [5, 5.41) is 3.62. The van der Waals surface area contributed by atoms with Crippen LogP contribution in [-0.2, 0) is 9.53 Å². The molecule has 1 N–H and O–H groups in total. The van der Waals surface area contributed by atoms with E-state index in [1.54, 1.807) is 7.11 Å². The summed E-state index contributed by atoms with van der Waals surface area (Å²) in [5.74, 6) is 0.973. The third-order valence-corrected chi connectivity index (χ3v) is 4.95. The van der Waals surface area contributed by atoms with Crippen molar-refractivity contribution in [1.29, 1.82) is 0 Å². The Morgan fingerprint density at radius 1 is 1.42 bits per heavy atom. The van der Waals surface area contributed by atoms with Gasteiger partial charge in [0.2, 0.25) is 5.91 Å². The lowest BCUT2D eigenvalue weighted by molar-refractivity contribution is -0.133. The first kappa shape index (κ1) is 13.4. The van der Waals surface area contributed by atoms with Crippen molar-refractivity contribution in [1.82, 2.24) is 10.2 Å². The lowest BCUT2D eigenvalue weighted by Gasteiger charge is -2.31. The van der Waals surface area contributed by atoms with Crippen LogP contribution in [0.15, 0.2) is 0 Å². The second-order valence-corrected chi connectivity index (χ2v) is 6.91. The van der Waals surface area contributed by atoms with Crippen molar-refractivity contribution in [3.05, 3.63) is 0 Å². The van der Waals surface area contributed by atoms with Crippen LogP contribution >= 0.6 is 0 Å². The molecule has 0 bridgehead atoms. The summed E-state index contributed by atoms with van der Waals surface area (Å²) in [5.41, 5.74) is -0.176. The largest absolute Gasteiger partial charge is 0.381 e. The number of carbonyl (C=O) groups is 1. The molecular weight excluding hydrogens is 240 g/mol. The molecule has 2 saturated carbocycles. The number of hydrogen-bond acceptors (Lipinski definition) is 3. The topological polar surface area (TPSA) is 41.6 Å². The molecule has 3 rings (SSSR count). The molecule has 4 heteroatoms. The van der Waals surface area contributed by atoms with Crippen LogP contribution in [0.25, 0.3) is 0 Å². The predicted octanol–water partition coefficient (Wildman–Crippen LogP) is 1.89. The van der Waals surface area contributed by atoms with Gasteiger partial charge < -0.3 is 9.64 Å². The number of rotatable bonds is 4. The smallest absolute Gasteiger partial charge is 0.244 e. The summed E-state index contributed by atoms with van der Waals surface area (Å²) < 4.78 is 5.46. The quantitative estimate of drug-likeness (QED) is 0.845. The summed E-state index contributed by atoms with van der Waals surface area (Å²) in [6.07, 6.45) is 6.89. The van der Waals surface area contributed by atoms with E-state index >= 15 is 0 Å². The number of methoxy groups -OCH3 is 1. The van der Waals surface area contributed by atoms with Crippen LogP contribution in [0.4, 0.5) is 0 Å². The third-order valence-electron chi connectivity index (χ3n) is 4.95. The number of ether oxygens (including phenoxy) is 1. The number of nitrogens with zero attached hydrogens (tertiary/aromatic N) is 1. The van der Waals surface area contributed by atoms with Crippen LogP contribution in [0, 0.1) is 5.92 Å². The minimum atomic E-state index is -0.176. The maximum atomic E-state index is 12.7. The Kier molecular flexibility index (Phi) is 3.34. The Morgan fingerprint density at radius 2 is 2.16 bits per heavy atom. The van der Waals surface area contributed by atoms with Crippen molar-refractivity contribution in [3.8, 4) is 0 Å². The molecular formula is C15H26N2O2. The minimum Gasteiger partial charge on any atom is -0.381 e. The fraction of sp³-hybridized carbons (Fsp3) is 0.933. The van der Waals surface area contributed by atoms with Crippen molar-refractivity contribution in [2.24, 2.45) is 5.92 Å². The number of hydrogen-bond donors (Lipinski definition) is 1. The van der Waals surface area contributed by atoms with Crippen molar-refractivity contribution < 1.29 is 9.53 Å². The second kappa shape index (κ2) is 4.74. The van der Waals surface area contributed by atoms with Crippen LogP contribution in [-0.4, -0.2) is 41.8 Å². The van der Waals surface area contributed by atoms with Gasteiger partial charge in [-0.1, -0.05) is 13.8 Å². The van der Waals surface area contributed by atoms with Crippen LogP contribution in [0.1, 0.15) is 52.4 Å². The van der Waals surface area contributed by atoms with Crippen LogP contribution in [0.3, 0.4) is 0 Å². The molecule has 0 aromatic heterocycles. The normalized spacial score (nSPS) is 36.7. The monoisotopic (exact) mass is 266 g/mol. The molecule has 1 amide bonds. The molecule has 3 aliphatic rings. The molecule has 0 radical (unpaired) electrons. The summed E-state index contributed by atoms with van der Waals surface area (Å²) >= 11 is 0.